The smallest absolute Gasteiger partial charge is 0.194 e. The van der Waals surface area contributed by atoms with Crippen LogP contribution in [0, 0.1) is 13.8 Å². The molecule has 0 saturated heterocycles. The van der Waals surface area contributed by atoms with Gasteiger partial charge in [0.15, 0.2) is 5.78 Å². The van der Waals surface area contributed by atoms with Crippen LogP contribution in [0.5, 0.6) is 0 Å². The van der Waals surface area contributed by atoms with Crippen LogP contribution in [0.25, 0.3) is 0 Å². The second kappa shape index (κ2) is 5.08. The lowest BCUT2D eigenvalue weighted by Gasteiger charge is -2.06. The number of benzene rings is 1. The van der Waals surface area contributed by atoms with E-state index in [9.17, 15) is 4.79 Å². The molecule has 0 unspecified atom stereocenters. The second-order valence-electron chi connectivity index (χ2n) is 4.39. The largest absolute Gasteiger partial charge is 0.289 e. The Morgan fingerprint density at radius 1 is 1.11 bits per heavy atom. The molecule has 1 aromatic carbocycles. The van der Waals surface area contributed by atoms with Crippen molar-refractivity contribution in [2.45, 2.75) is 27.2 Å². The highest BCUT2D eigenvalue weighted by atomic mass is 16.1. The van der Waals surface area contributed by atoms with Crippen molar-refractivity contribution < 1.29 is 4.79 Å². The standard InChI is InChI=1S/C15H16N2O/c1-4-14-13(9-11(3)16-17-14)15(18)12-7-5-10(2)6-8-12/h5-9H,4H2,1-3H3. The summed E-state index contributed by atoms with van der Waals surface area (Å²) < 4.78 is 0. The van der Waals surface area contributed by atoms with E-state index in [0.717, 1.165) is 17.0 Å². The highest BCUT2D eigenvalue weighted by Gasteiger charge is 2.14. The maximum absolute atomic E-state index is 12.4. The lowest BCUT2D eigenvalue weighted by Crippen LogP contribution is -2.09. The number of aromatic nitrogens is 2. The Balaban J connectivity index is 2.45. The molecule has 18 heavy (non-hydrogen) atoms. The maximum atomic E-state index is 12.4. The first-order chi connectivity index (χ1) is 8.61. The monoisotopic (exact) mass is 240 g/mol. The molecule has 0 fully saturated rings. The predicted octanol–water partition coefficient (Wildman–Crippen LogP) is 2.89. The van der Waals surface area contributed by atoms with Crippen molar-refractivity contribution >= 4 is 5.78 Å². The molecule has 2 rings (SSSR count). The predicted molar refractivity (Wildman–Crippen MR) is 70.8 cm³/mol. The average Bonchev–Trinajstić information content (AvgIpc) is 2.39. The van der Waals surface area contributed by atoms with E-state index < -0.39 is 0 Å². The van der Waals surface area contributed by atoms with Gasteiger partial charge in [-0.05, 0) is 26.3 Å². The van der Waals surface area contributed by atoms with E-state index in [2.05, 4.69) is 10.2 Å². The number of carbonyl (C=O) groups is 1. The zero-order valence-electron chi connectivity index (χ0n) is 10.9. The van der Waals surface area contributed by atoms with Gasteiger partial charge in [0.1, 0.15) is 0 Å². The Labute approximate surface area is 107 Å². The average molecular weight is 240 g/mol. The van der Waals surface area contributed by atoms with Gasteiger partial charge in [0.05, 0.1) is 11.4 Å². The molecule has 0 saturated carbocycles. The summed E-state index contributed by atoms with van der Waals surface area (Å²) in [4.78, 5) is 12.4. The molecule has 0 aliphatic carbocycles. The molecule has 0 aliphatic heterocycles. The number of nitrogens with zero attached hydrogens (tertiary/aromatic N) is 2. The molecule has 3 nitrogen and oxygen atoms in total. The van der Waals surface area contributed by atoms with Gasteiger partial charge in [0, 0.05) is 11.1 Å². The number of ketones is 1. The number of hydrogen-bond acceptors (Lipinski definition) is 3. The van der Waals surface area contributed by atoms with Crippen molar-refractivity contribution in [3.63, 3.8) is 0 Å². The summed E-state index contributed by atoms with van der Waals surface area (Å²) in [6.45, 7) is 5.83. The van der Waals surface area contributed by atoms with E-state index >= 15 is 0 Å². The van der Waals surface area contributed by atoms with Gasteiger partial charge in [-0.2, -0.15) is 10.2 Å². The van der Waals surface area contributed by atoms with Crippen LogP contribution in [-0.4, -0.2) is 16.0 Å². The highest BCUT2D eigenvalue weighted by Crippen LogP contribution is 2.14. The highest BCUT2D eigenvalue weighted by molar-refractivity contribution is 6.09. The SMILES string of the molecule is CCc1nnc(C)cc1C(=O)c1ccc(C)cc1. The Kier molecular flexibility index (Phi) is 3.51. The fourth-order valence-corrected chi connectivity index (χ4v) is 1.83. The van der Waals surface area contributed by atoms with Crippen LogP contribution >= 0.6 is 0 Å². The second-order valence-corrected chi connectivity index (χ2v) is 4.39. The van der Waals surface area contributed by atoms with Crippen LogP contribution in [-0.2, 0) is 6.42 Å². The van der Waals surface area contributed by atoms with Gasteiger partial charge < -0.3 is 0 Å². The summed E-state index contributed by atoms with van der Waals surface area (Å²) in [6, 6.07) is 9.41. The molecular weight excluding hydrogens is 224 g/mol. The number of rotatable bonds is 3. The van der Waals surface area contributed by atoms with Crippen molar-refractivity contribution in [2.24, 2.45) is 0 Å². The third-order valence-electron chi connectivity index (χ3n) is 2.89. The summed E-state index contributed by atoms with van der Waals surface area (Å²) >= 11 is 0. The minimum atomic E-state index is 0.0184. The van der Waals surface area contributed by atoms with Crippen LogP contribution in [0.3, 0.4) is 0 Å². The summed E-state index contributed by atoms with van der Waals surface area (Å²) in [5.74, 6) is 0.0184. The number of hydrogen-bond donors (Lipinski definition) is 0. The number of carbonyl (C=O) groups excluding carboxylic acids is 1. The van der Waals surface area contributed by atoms with E-state index in [1.54, 1.807) is 0 Å². The topological polar surface area (TPSA) is 42.9 Å². The molecule has 92 valence electrons. The molecule has 2 aromatic rings. The minimum Gasteiger partial charge on any atom is -0.289 e. The Morgan fingerprint density at radius 2 is 1.78 bits per heavy atom. The van der Waals surface area contributed by atoms with Gasteiger partial charge in [-0.25, -0.2) is 0 Å². The van der Waals surface area contributed by atoms with Gasteiger partial charge in [-0.1, -0.05) is 36.8 Å². The van der Waals surface area contributed by atoms with Crippen LogP contribution in [0.2, 0.25) is 0 Å². The number of aryl methyl sites for hydroxylation is 3. The molecule has 0 bridgehead atoms. The molecule has 0 atom stereocenters. The fraction of sp³-hybridized carbons (Fsp3) is 0.267. The summed E-state index contributed by atoms with van der Waals surface area (Å²) in [5.41, 5.74) is 4.02. The van der Waals surface area contributed by atoms with Gasteiger partial charge in [-0.3, -0.25) is 4.79 Å². The van der Waals surface area contributed by atoms with Crippen molar-refractivity contribution in [1.29, 1.82) is 0 Å². The van der Waals surface area contributed by atoms with E-state index in [1.807, 2.05) is 51.1 Å². The minimum absolute atomic E-state index is 0.0184. The van der Waals surface area contributed by atoms with Crippen LogP contribution in [0.15, 0.2) is 30.3 Å². The molecule has 0 aliphatic rings. The van der Waals surface area contributed by atoms with Gasteiger partial charge >= 0.3 is 0 Å². The van der Waals surface area contributed by atoms with Gasteiger partial charge in [-0.15, -0.1) is 0 Å². The lowest BCUT2D eigenvalue weighted by atomic mass is 10.00. The zero-order valence-corrected chi connectivity index (χ0v) is 10.9. The van der Waals surface area contributed by atoms with Gasteiger partial charge in [0.2, 0.25) is 0 Å². The third-order valence-corrected chi connectivity index (χ3v) is 2.89. The first-order valence-corrected chi connectivity index (χ1v) is 6.06. The molecule has 0 spiro atoms. The summed E-state index contributed by atoms with van der Waals surface area (Å²) in [7, 11) is 0. The van der Waals surface area contributed by atoms with E-state index in [0.29, 0.717) is 17.5 Å². The van der Waals surface area contributed by atoms with E-state index in [-0.39, 0.29) is 5.78 Å². The zero-order chi connectivity index (χ0) is 13.1. The first-order valence-electron chi connectivity index (χ1n) is 6.06. The molecule has 1 aromatic heterocycles. The van der Waals surface area contributed by atoms with Gasteiger partial charge in [0.25, 0.3) is 0 Å². The molecule has 0 N–H and O–H groups in total. The summed E-state index contributed by atoms with van der Waals surface area (Å²) in [6.07, 6.45) is 0.709. The Morgan fingerprint density at radius 3 is 2.39 bits per heavy atom. The summed E-state index contributed by atoms with van der Waals surface area (Å²) in [5, 5.41) is 8.09. The lowest BCUT2D eigenvalue weighted by molar-refractivity contribution is 0.103. The van der Waals surface area contributed by atoms with E-state index in [4.69, 9.17) is 0 Å². The molecule has 3 heteroatoms. The Bertz CT molecular complexity index is 574. The molecule has 1 heterocycles. The molecule has 0 amide bonds. The van der Waals surface area contributed by atoms with Crippen molar-refractivity contribution in [3.05, 3.63) is 58.4 Å². The maximum Gasteiger partial charge on any atom is 0.194 e. The third kappa shape index (κ3) is 2.45. The van der Waals surface area contributed by atoms with Crippen LogP contribution < -0.4 is 0 Å². The van der Waals surface area contributed by atoms with Crippen molar-refractivity contribution in [1.82, 2.24) is 10.2 Å². The van der Waals surface area contributed by atoms with E-state index in [1.165, 1.54) is 0 Å². The Hall–Kier alpha value is -2.03. The van der Waals surface area contributed by atoms with Crippen molar-refractivity contribution in [2.75, 3.05) is 0 Å². The quantitative estimate of drug-likeness (QED) is 0.775. The normalized spacial score (nSPS) is 10.4. The molecule has 0 radical (unpaired) electrons. The van der Waals surface area contributed by atoms with Crippen LogP contribution in [0.1, 0.15) is 39.8 Å². The van der Waals surface area contributed by atoms with Crippen LogP contribution in [0.4, 0.5) is 0 Å². The molecular formula is C15H16N2O. The fourth-order valence-electron chi connectivity index (χ4n) is 1.83. The van der Waals surface area contributed by atoms with Crippen molar-refractivity contribution in [3.8, 4) is 0 Å². The first kappa shape index (κ1) is 12.4.